The normalized spacial score (nSPS) is 31.1. The summed E-state index contributed by atoms with van der Waals surface area (Å²) in [6.45, 7) is 13.0. The van der Waals surface area contributed by atoms with E-state index in [0.717, 1.165) is 19.5 Å². The highest BCUT2D eigenvalue weighted by atomic mass is 16.3. The van der Waals surface area contributed by atoms with Crippen molar-refractivity contribution >= 4 is 0 Å². The molecule has 2 unspecified atom stereocenters. The van der Waals surface area contributed by atoms with E-state index in [0.29, 0.717) is 11.8 Å². The van der Waals surface area contributed by atoms with E-state index in [-0.39, 0.29) is 11.6 Å². The molecule has 0 saturated carbocycles. The Morgan fingerprint density at radius 3 is 2.21 bits per heavy atom. The average Bonchev–Trinajstić information content (AvgIpc) is 2.01. The summed E-state index contributed by atoms with van der Waals surface area (Å²) >= 11 is 0. The Morgan fingerprint density at radius 2 is 1.86 bits per heavy atom. The fraction of sp³-hybridized carbons (Fsp3) is 1.00. The molecule has 84 valence electrons. The van der Waals surface area contributed by atoms with Crippen molar-refractivity contribution in [3.05, 3.63) is 0 Å². The van der Waals surface area contributed by atoms with Gasteiger partial charge in [0.1, 0.15) is 0 Å². The zero-order valence-electron chi connectivity index (χ0n) is 10.2. The predicted octanol–water partition coefficient (Wildman–Crippen LogP) is 2.12. The summed E-state index contributed by atoms with van der Waals surface area (Å²) in [4.78, 5) is 2.39. The standard InChI is InChI=1S/C12H25NO/c1-9(2)10-6-7-13(8-11(10)14)12(3,4)5/h9-11,14H,6-8H2,1-5H3. The van der Waals surface area contributed by atoms with Gasteiger partial charge in [0.15, 0.2) is 0 Å². The highest BCUT2D eigenvalue weighted by molar-refractivity contribution is 4.87. The highest BCUT2D eigenvalue weighted by Gasteiger charge is 2.33. The second-order valence-electron chi connectivity index (χ2n) is 5.88. The Kier molecular flexibility index (Phi) is 3.59. The molecule has 0 bridgehead atoms. The number of hydrogen-bond donors (Lipinski definition) is 1. The lowest BCUT2D eigenvalue weighted by Crippen LogP contribution is -2.52. The van der Waals surface area contributed by atoms with Gasteiger partial charge in [-0.1, -0.05) is 13.8 Å². The first kappa shape index (κ1) is 12.0. The number of rotatable bonds is 1. The van der Waals surface area contributed by atoms with Crippen molar-refractivity contribution in [2.24, 2.45) is 11.8 Å². The number of hydrogen-bond acceptors (Lipinski definition) is 2. The minimum atomic E-state index is -0.136. The van der Waals surface area contributed by atoms with Gasteiger partial charge in [0.25, 0.3) is 0 Å². The fourth-order valence-electron chi connectivity index (χ4n) is 2.34. The second-order valence-corrected chi connectivity index (χ2v) is 5.88. The number of aliphatic hydroxyl groups excluding tert-OH is 1. The van der Waals surface area contributed by atoms with Crippen LogP contribution < -0.4 is 0 Å². The van der Waals surface area contributed by atoms with E-state index in [1.54, 1.807) is 0 Å². The summed E-state index contributed by atoms with van der Waals surface area (Å²) in [7, 11) is 0. The van der Waals surface area contributed by atoms with E-state index < -0.39 is 0 Å². The maximum absolute atomic E-state index is 10.0. The van der Waals surface area contributed by atoms with Crippen molar-refractivity contribution < 1.29 is 5.11 Å². The van der Waals surface area contributed by atoms with Gasteiger partial charge in [-0.05, 0) is 45.6 Å². The van der Waals surface area contributed by atoms with Crippen molar-refractivity contribution in [3.8, 4) is 0 Å². The van der Waals surface area contributed by atoms with Crippen LogP contribution in [0.15, 0.2) is 0 Å². The van der Waals surface area contributed by atoms with Gasteiger partial charge >= 0.3 is 0 Å². The van der Waals surface area contributed by atoms with Gasteiger partial charge in [0, 0.05) is 12.1 Å². The van der Waals surface area contributed by atoms with Crippen molar-refractivity contribution in [2.75, 3.05) is 13.1 Å². The highest BCUT2D eigenvalue weighted by Crippen LogP contribution is 2.28. The third kappa shape index (κ3) is 2.71. The molecule has 1 aliphatic heterocycles. The molecule has 0 aromatic heterocycles. The first-order chi connectivity index (χ1) is 6.32. The first-order valence-corrected chi connectivity index (χ1v) is 5.75. The minimum Gasteiger partial charge on any atom is -0.391 e. The average molecular weight is 199 g/mol. The van der Waals surface area contributed by atoms with Gasteiger partial charge in [0.05, 0.1) is 6.10 Å². The smallest absolute Gasteiger partial charge is 0.0698 e. The van der Waals surface area contributed by atoms with Crippen LogP contribution in [0.2, 0.25) is 0 Å². The Balaban J connectivity index is 2.55. The molecule has 2 heteroatoms. The van der Waals surface area contributed by atoms with E-state index >= 15 is 0 Å². The Bertz CT molecular complexity index is 183. The Morgan fingerprint density at radius 1 is 1.29 bits per heavy atom. The summed E-state index contributed by atoms with van der Waals surface area (Å²) < 4.78 is 0. The molecule has 1 N–H and O–H groups in total. The molecule has 1 heterocycles. The minimum absolute atomic E-state index is 0.136. The van der Waals surface area contributed by atoms with Gasteiger partial charge < -0.3 is 5.11 Å². The van der Waals surface area contributed by atoms with Crippen LogP contribution in [0.25, 0.3) is 0 Å². The van der Waals surface area contributed by atoms with Crippen molar-refractivity contribution in [1.82, 2.24) is 4.90 Å². The maximum atomic E-state index is 10.0. The molecule has 0 aromatic carbocycles. The molecule has 0 amide bonds. The summed E-state index contributed by atoms with van der Waals surface area (Å²) in [5.74, 6) is 1.10. The number of nitrogens with zero attached hydrogens (tertiary/aromatic N) is 1. The van der Waals surface area contributed by atoms with Crippen LogP contribution in [0.5, 0.6) is 0 Å². The monoisotopic (exact) mass is 199 g/mol. The molecule has 0 spiro atoms. The van der Waals surface area contributed by atoms with Gasteiger partial charge in [-0.15, -0.1) is 0 Å². The van der Waals surface area contributed by atoms with E-state index in [1.165, 1.54) is 0 Å². The zero-order chi connectivity index (χ0) is 10.9. The lowest BCUT2D eigenvalue weighted by atomic mass is 9.83. The number of β-amino-alcohol motifs (C(OH)–C–C–N with tert-alkyl or cyclic N) is 1. The summed E-state index contributed by atoms with van der Waals surface area (Å²) in [5.41, 5.74) is 0.197. The van der Waals surface area contributed by atoms with Crippen LogP contribution >= 0.6 is 0 Å². The SMILES string of the molecule is CC(C)C1CCN(C(C)(C)C)CC1O. The number of aliphatic hydroxyl groups is 1. The van der Waals surface area contributed by atoms with E-state index in [9.17, 15) is 5.11 Å². The van der Waals surface area contributed by atoms with Gasteiger partial charge in [0.2, 0.25) is 0 Å². The fourth-order valence-corrected chi connectivity index (χ4v) is 2.34. The Hall–Kier alpha value is -0.0800. The molecule has 0 aliphatic carbocycles. The Labute approximate surface area is 88.3 Å². The third-order valence-corrected chi connectivity index (χ3v) is 3.44. The lowest BCUT2D eigenvalue weighted by molar-refractivity contribution is -0.0290. The van der Waals surface area contributed by atoms with Gasteiger partial charge in [-0.25, -0.2) is 0 Å². The molecule has 1 fully saturated rings. The van der Waals surface area contributed by atoms with Crippen LogP contribution in [0, 0.1) is 11.8 Å². The summed E-state index contributed by atoms with van der Waals surface area (Å²) in [6, 6.07) is 0. The van der Waals surface area contributed by atoms with Crippen LogP contribution in [0.4, 0.5) is 0 Å². The third-order valence-electron chi connectivity index (χ3n) is 3.44. The quantitative estimate of drug-likeness (QED) is 0.699. The molecule has 1 aliphatic rings. The number of piperidine rings is 1. The summed E-state index contributed by atoms with van der Waals surface area (Å²) in [6.07, 6.45) is 0.999. The van der Waals surface area contributed by atoms with E-state index in [1.807, 2.05) is 0 Å². The predicted molar refractivity (Wildman–Crippen MR) is 60.3 cm³/mol. The van der Waals surface area contributed by atoms with E-state index in [4.69, 9.17) is 0 Å². The summed E-state index contributed by atoms with van der Waals surface area (Å²) in [5, 5.41) is 10.0. The van der Waals surface area contributed by atoms with Crippen LogP contribution in [0.1, 0.15) is 41.0 Å². The largest absolute Gasteiger partial charge is 0.391 e. The second kappa shape index (κ2) is 4.19. The first-order valence-electron chi connectivity index (χ1n) is 5.75. The van der Waals surface area contributed by atoms with Crippen LogP contribution in [0.3, 0.4) is 0 Å². The molecule has 1 rings (SSSR count). The molecule has 0 radical (unpaired) electrons. The van der Waals surface area contributed by atoms with Crippen LogP contribution in [-0.4, -0.2) is 34.7 Å². The number of likely N-dealkylation sites (tertiary alicyclic amines) is 1. The molecule has 1 saturated heterocycles. The molecule has 14 heavy (non-hydrogen) atoms. The van der Waals surface area contributed by atoms with Gasteiger partial charge in [-0.3, -0.25) is 4.90 Å². The van der Waals surface area contributed by atoms with Crippen LogP contribution in [-0.2, 0) is 0 Å². The van der Waals surface area contributed by atoms with Crippen molar-refractivity contribution in [3.63, 3.8) is 0 Å². The lowest BCUT2D eigenvalue weighted by Gasteiger charge is -2.44. The topological polar surface area (TPSA) is 23.5 Å². The van der Waals surface area contributed by atoms with Gasteiger partial charge in [-0.2, -0.15) is 0 Å². The van der Waals surface area contributed by atoms with Crippen molar-refractivity contribution in [1.29, 1.82) is 0 Å². The maximum Gasteiger partial charge on any atom is 0.0698 e. The van der Waals surface area contributed by atoms with E-state index in [2.05, 4.69) is 39.5 Å². The molecule has 2 atom stereocenters. The zero-order valence-corrected chi connectivity index (χ0v) is 10.2. The molecule has 0 aromatic rings. The molecular formula is C12H25NO. The molecular weight excluding hydrogens is 174 g/mol. The molecule has 2 nitrogen and oxygen atoms in total. The van der Waals surface area contributed by atoms with Crippen molar-refractivity contribution in [2.45, 2.75) is 52.7 Å².